The fourth-order valence-corrected chi connectivity index (χ4v) is 2.66. The van der Waals surface area contributed by atoms with Crippen LogP contribution in [-0.4, -0.2) is 13.3 Å². The molecule has 0 N–H and O–H groups in total. The minimum atomic E-state index is 1.04. The van der Waals surface area contributed by atoms with Gasteiger partial charge in [-0.3, -0.25) is 4.99 Å². The summed E-state index contributed by atoms with van der Waals surface area (Å²) in [5.74, 6) is 0. The highest BCUT2D eigenvalue weighted by atomic mass is 14.6. The number of hydrogen-bond acceptors (Lipinski definition) is 1. The standard InChI is InChI=1S/C16H15N/c1-11-7-8-14-13-6-4-3-5-12(13)9-15(14)16(11)10-17-2/h3-8,10H,9H2,1-2H3/b17-10+. The minimum Gasteiger partial charge on any atom is -0.296 e. The Hall–Kier alpha value is -1.89. The lowest BCUT2D eigenvalue weighted by Gasteiger charge is -2.07. The summed E-state index contributed by atoms with van der Waals surface area (Å²) in [6.07, 6.45) is 3.02. The first-order chi connectivity index (χ1) is 8.31. The summed E-state index contributed by atoms with van der Waals surface area (Å²) in [6, 6.07) is 13.1. The summed E-state index contributed by atoms with van der Waals surface area (Å²) in [5.41, 5.74) is 8.22. The molecular weight excluding hydrogens is 206 g/mol. The number of nitrogens with zero attached hydrogens (tertiary/aromatic N) is 1. The van der Waals surface area contributed by atoms with Gasteiger partial charge in [0.15, 0.2) is 0 Å². The highest BCUT2D eigenvalue weighted by Crippen LogP contribution is 2.38. The first-order valence-electron chi connectivity index (χ1n) is 5.94. The van der Waals surface area contributed by atoms with Crippen molar-refractivity contribution in [1.82, 2.24) is 0 Å². The van der Waals surface area contributed by atoms with E-state index < -0.39 is 0 Å². The molecule has 1 nitrogen and oxygen atoms in total. The lowest BCUT2D eigenvalue weighted by Crippen LogP contribution is -1.95. The average molecular weight is 221 g/mol. The number of benzene rings is 2. The second-order valence-corrected chi connectivity index (χ2v) is 4.54. The van der Waals surface area contributed by atoms with E-state index >= 15 is 0 Å². The van der Waals surface area contributed by atoms with Gasteiger partial charge in [0.05, 0.1) is 0 Å². The first kappa shape index (κ1) is 10.3. The van der Waals surface area contributed by atoms with Crippen molar-refractivity contribution < 1.29 is 0 Å². The highest BCUT2D eigenvalue weighted by Gasteiger charge is 2.20. The van der Waals surface area contributed by atoms with E-state index in [0.29, 0.717) is 0 Å². The van der Waals surface area contributed by atoms with Crippen LogP contribution in [0.1, 0.15) is 22.3 Å². The summed E-state index contributed by atoms with van der Waals surface area (Å²) < 4.78 is 0. The lowest BCUT2D eigenvalue weighted by molar-refractivity contribution is 1.24. The molecule has 3 rings (SSSR count). The maximum absolute atomic E-state index is 4.18. The van der Waals surface area contributed by atoms with Crippen LogP contribution in [0.2, 0.25) is 0 Å². The molecule has 84 valence electrons. The van der Waals surface area contributed by atoms with Crippen LogP contribution >= 0.6 is 0 Å². The van der Waals surface area contributed by atoms with Crippen LogP contribution in [0, 0.1) is 6.92 Å². The van der Waals surface area contributed by atoms with Crippen LogP contribution in [0.4, 0.5) is 0 Å². The Morgan fingerprint density at radius 1 is 1.06 bits per heavy atom. The second-order valence-electron chi connectivity index (χ2n) is 4.54. The smallest absolute Gasteiger partial charge is 0.0287 e. The van der Waals surface area contributed by atoms with Gasteiger partial charge in [0.25, 0.3) is 0 Å². The van der Waals surface area contributed by atoms with E-state index in [1.54, 1.807) is 0 Å². The van der Waals surface area contributed by atoms with E-state index in [4.69, 9.17) is 0 Å². The van der Waals surface area contributed by atoms with Gasteiger partial charge in [0.1, 0.15) is 0 Å². The molecule has 0 radical (unpaired) electrons. The largest absolute Gasteiger partial charge is 0.296 e. The van der Waals surface area contributed by atoms with Crippen molar-refractivity contribution in [2.45, 2.75) is 13.3 Å². The van der Waals surface area contributed by atoms with Gasteiger partial charge in [0.2, 0.25) is 0 Å². The van der Waals surface area contributed by atoms with E-state index in [1.807, 2.05) is 13.3 Å². The van der Waals surface area contributed by atoms with Crippen LogP contribution < -0.4 is 0 Å². The second kappa shape index (κ2) is 3.85. The van der Waals surface area contributed by atoms with Crippen molar-refractivity contribution in [2.75, 3.05) is 7.05 Å². The van der Waals surface area contributed by atoms with Crippen molar-refractivity contribution in [3.63, 3.8) is 0 Å². The monoisotopic (exact) mass is 221 g/mol. The molecule has 0 heterocycles. The molecule has 0 atom stereocenters. The molecule has 0 aromatic heterocycles. The Labute approximate surface area is 102 Å². The van der Waals surface area contributed by atoms with Gasteiger partial charge in [-0.15, -0.1) is 0 Å². The van der Waals surface area contributed by atoms with Gasteiger partial charge < -0.3 is 0 Å². The van der Waals surface area contributed by atoms with Gasteiger partial charge in [-0.1, -0.05) is 36.4 Å². The van der Waals surface area contributed by atoms with Crippen LogP contribution in [0.25, 0.3) is 11.1 Å². The van der Waals surface area contributed by atoms with E-state index in [9.17, 15) is 0 Å². The Bertz CT molecular complexity index is 609. The van der Waals surface area contributed by atoms with Crippen molar-refractivity contribution in [2.24, 2.45) is 4.99 Å². The molecule has 0 unspecified atom stereocenters. The lowest BCUT2D eigenvalue weighted by atomic mass is 9.97. The van der Waals surface area contributed by atoms with Gasteiger partial charge in [-0.05, 0) is 46.7 Å². The highest BCUT2D eigenvalue weighted by molar-refractivity contribution is 5.90. The van der Waals surface area contributed by atoms with Crippen LogP contribution in [0.5, 0.6) is 0 Å². The fraction of sp³-hybridized carbons (Fsp3) is 0.188. The van der Waals surface area contributed by atoms with Crippen LogP contribution in [-0.2, 0) is 6.42 Å². The number of hydrogen-bond donors (Lipinski definition) is 0. The molecule has 1 aliphatic rings. The van der Waals surface area contributed by atoms with Gasteiger partial charge in [-0.2, -0.15) is 0 Å². The molecule has 17 heavy (non-hydrogen) atoms. The van der Waals surface area contributed by atoms with Gasteiger partial charge in [0, 0.05) is 13.3 Å². The Kier molecular flexibility index (Phi) is 2.32. The van der Waals surface area contributed by atoms with E-state index in [2.05, 4.69) is 48.3 Å². The van der Waals surface area contributed by atoms with Gasteiger partial charge in [-0.25, -0.2) is 0 Å². The van der Waals surface area contributed by atoms with Crippen molar-refractivity contribution in [3.05, 3.63) is 58.7 Å². The fourth-order valence-electron chi connectivity index (χ4n) is 2.66. The molecule has 0 saturated carbocycles. The number of rotatable bonds is 1. The molecule has 0 bridgehead atoms. The summed E-state index contributed by atoms with van der Waals surface area (Å²) in [4.78, 5) is 4.18. The molecule has 2 aromatic rings. The quantitative estimate of drug-likeness (QED) is 0.557. The predicted molar refractivity (Wildman–Crippen MR) is 72.9 cm³/mol. The van der Waals surface area contributed by atoms with E-state index in [1.165, 1.54) is 33.4 Å². The molecule has 1 aliphatic carbocycles. The molecule has 2 aromatic carbocycles. The zero-order valence-electron chi connectivity index (χ0n) is 10.2. The summed E-state index contributed by atoms with van der Waals surface area (Å²) in [6.45, 7) is 2.15. The summed E-state index contributed by atoms with van der Waals surface area (Å²) >= 11 is 0. The average Bonchev–Trinajstić information content (AvgIpc) is 2.72. The molecule has 0 saturated heterocycles. The van der Waals surface area contributed by atoms with Gasteiger partial charge >= 0.3 is 0 Å². The zero-order valence-corrected chi connectivity index (χ0v) is 10.2. The number of aliphatic imine (C=N–C) groups is 1. The van der Waals surface area contributed by atoms with Crippen molar-refractivity contribution in [3.8, 4) is 11.1 Å². The molecule has 0 spiro atoms. The molecular formula is C16H15N. The maximum Gasteiger partial charge on any atom is 0.0287 e. The Morgan fingerprint density at radius 3 is 2.71 bits per heavy atom. The minimum absolute atomic E-state index is 1.04. The SMILES string of the molecule is C/N=C/c1c(C)ccc2c1Cc1ccccc1-2. The Balaban J connectivity index is 2.27. The molecule has 0 amide bonds. The Morgan fingerprint density at radius 2 is 1.88 bits per heavy atom. The number of aryl methyl sites for hydroxylation is 1. The summed E-state index contributed by atoms with van der Waals surface area (Å²) in [7, 11) is 1.83. The van der Waals surface area contributed by atoms with Crippen LogP contribution in [0.3, 0.4) is 0 Å². The van der Waals surface area contributed by atoms with Crippen LogP contribution in [0.15, 0.2) is 41.4 Å². The zero-order chi connectivity index (χ0) is 11.8. The molecule has 1 heteroatoms. The first-order valence-corrected chi connectivity index (χ1v) is 5.94. The molecule has 0 fully saturated rings. The topological polar surface area (TPSA) is 12.4 Å². The molecule has 0 aliphatic heterocycles. The summed E-state index contributed by atoms with van der Waals surface area (Å²) in [5, 5.41) is 0. The third kappa shape index (κ3) is 1.50. The third-order valence-electron chi connectivity index (χ3n) is 3.51. The van der Waals surface area contributed by atoms with Crippen molar-refractivity contribution >= 4 is 6.21 Å². The van der Waals surface area contributed by atoms with Crippen molar-refractivity contribution in [1.29, 1.82) is 0 Å². The predicted octanol–water partition coefficient (Wildman–Crippen LogP) is 3.61. The van der Waals surface area contributed by atoms with E-state index in [0.717, 1.165) is 6.42 Å². The third-order valence-corrected chi connectivity index (χ3v) is 3.51. The maximum atomic E-state index is 4.18. The normalized spacial score (nSPS) is 12.8. The van der Waals surface area contributed by atoms with E-state index in [-0.39, 0.29) is 0 Å². The number of fused-ring (bicyclic) bond motifs is 3.